The van der Waals surface area contributed by atoms with E-state index in [4.69, 9.17) is 0 Å². The maximum atomic E-state index is 12.1. The summed E-state index contributed by atoms with van der Waals surface area (Å²) in [5.41, 5.74) is 2.18. The van der Waals surface area contributed by atoms with E-state index in [2.05, 4.69) is 17.2 Å². The highest BCUT2D eigenvalue weighted by atomic mass is 32.1. The first-order chi connectivity index (χ1) is 9.72. The average Bonchev–Trinajstić information content (AvgIpc) is 3.01. The number of hydrogen-bond donors (Lipinski definition) is 1. The second-order valence-corrected chi connectivity index (χ2v) is 5.80. The van der Waals surface area contributed by atoms with Crippen LogP contribution in [0, 0.1) is 5.92 Å². The van der Waals surface area contributed by atoms with Crippen LogP contribution in [-0.2, 0) is 4.79 Å². The zero-order valence-electron chi connectivity index (χ0n) is 11.8. The highest BCUT2D eigenvalue weighted by Crippen LogP contribution is 2.19. The minimum atomic E-state index is -0.0175. The van der Waals surface area contributed by atoms with E-state index in [1.54, 1.807) is 15.8 Å². The number of thiazole rings is 1. The molecular formula is C14H21N3O2S. The van der Waals surface area contributed by atoms with Gasteiger partial charge in [-0.15, -0.1) is 11.3 Å². The van der Waals surface area contributed by atoms with E-state index in [-0.39, 0.29) is 17.7 Å². The number of piperidine rings is 1. The first-order valence-corrected chi connectivity index (χ1v) is 8.11. The molecule has 1 saturated heterocycles. The molecule has 1 N–H and O–H groups in total. The average molecular weight is 295 g/mol. The maximum Gasteiger partial charge on any atom is 0.273 e. The van der Waals surface area contributed by atoms with Crippen LogP contribution in [0.2, 0.25) is 0 Å². The van der Waals surface area contributed by atoms with Gasteiger partial charge in [-0.25, -0.2) is 4.98 Å². The van der Waals surface area contributed by atoms with Gasteiger partial charge in [-0.1, -0.05) is 13.3 Å². The molecule has 2 rings (SSSR count). The van der Waals surface area contributed by atoms with E-state index in [0.717, 1.165) is 32.2 Å². The minimum absolute atomic E-state index is 0.0175. The Balaban J connectivity index is 1.77. The Labute approximate surface area is 123 Å². The molecule has 1 fully saturated rings. The van der Waals surface area contributed by atoms with Crippen molar-refractivity contribution in [3.8, 4) is 0 Å². The van der Waals surface area contributed by atoms with Gasteiger partial charge in [-0.2, -0.15) is 0 Å². The standard InChI is InChI=1S/C14H21N3O2S/c1-2-3-6-15-13(18)11-4-7-17(8-5-11)14(19)12-9-20-10-16-12/h9-11H,2-8H2,1H3,(H,15,18). The molecule has 0 aliphatic carbocycles. The lowest BCUT2D eigenvalue weighted by Crippen LogP contribution is -2.43. The molecule has 2 amide bonds. The van der Waals surface area contributed by atoms with Gasteiger partial charge in [0.15, 0.2) is 0 Å². The molecule has 110 valence electrons. The zero-order chi connectivity index (χ0) is 14.4. The van der Waals surface area contributed by atoms with Crippen LogP contribution < -0.4 is 5.32 Å². The lowest BCUT2D eigenvalue weighted by Gasteiger charge is -2.30. The van der Waals surface area contributed by atoms with Crippen molar-refractivity contribution in [2.75, 3.05) is 19.6 Å². The fourth-order valence-electron chi connectivity index (χ4n) is 2.36. The number of nitrogens with zero attached hydrogens (tertiary/aromatic N) is 2. The number of unbranched alkanes of at least 4 members (excludes halogenated alkanes) is 1. The number of carbonyl (C=O) groups excluding carboxylic acids is 2. The van der Waals surface area contributed by atoms with E-state index in [9.17, 15) is 9.59 Å². The fraction of sp³-hybridized carbons (Fsp3) is 0.643. The largest absolute Gasteiger partial charge is 0.356 e. The number of aromatic nitrogens is 1. The summed E-state index contributed by atoms with van der Waals surface area (Å²) in [7, 11) is 0. The predicted octanol–water partition coefficient (Wildman–Crippen LogP) is 1.91. The highest BCUT2D eigenvalue weighted by molar-refractivity contribution is 7.07. The molecule has 0 spiro atoms. The summed E-state index contributed by atoms with van der Waals surface area (Å²) in [6.07, 6.45) is 3.59. The molecule has 6 heteroatoms. The molecule has 1 aliphatic heterocycles. The Morgan fingerprint density at radius 2 is 2.20 bits per heavy atom. The summed E-state index contributed by atoms with van der Waals surface area (Å²) in [5.74, 6) is 0.168. The monoisotopic (exact) mass is 295 g/mol. The molecular weight excluding hydrogens is 274 g/mol. The van der Waals surface area contributed by atoms with Gasteiger partial charge in [-0.3, -0.25) is 9.59 Å². The van der Waals surface area contributed by atoms with Crippen LogP contribution in [0.3, 0.4) is 0 Å². The first-order valence-electron chi connectivity index (χ1n) is 7.17. The van der Waals surface area contributed by atoms with Crippen molar-refractivity contribution in [3.05, 3.63) is 16.6 Å². The quantitative estimate of drug-likeness (QED) is 0.844. The third-order valence-corrected chi connectivity index (χ3v) is 4.22. The topological polar surface area (TPSA) is 62.3 Å². The first kappa shape index (κ1) is 15.0. The van der Waals surface area contributed by atoms with Crippen molar-refractivity contribution in [2.45, 2.75) is 32.6 Å². The highest BCUT2D eigenvalue weighted by Gasteiger charge is 2.28. The van der Waals surface area contributed by atoms with Gasteiger partial charge in [0.1, 0.15) is 5.69 Å². The maximum absolute atomic E-state index is 12.1. The molecule has 0 aromatic carbocycles. The summed E-state index contributed by atoms with van der Waals surface area (Å²) >= 11 is 1.43. The normalized spacial score (nSPS) is 16.1. The molecule has 2 heterocycles. The smallest absolute Gasteiger partial charge is 0.273 e. The van der Waals surface area contributed by atoms with Crippen LogP contribution in [0.25, 0.3) is 0 Å². The van der Waals surface area contributed by atoms with Crippen molar-refractivity contribution in [1.29, 1.82) is 0 Å². The molecule has 20 heavy (non-hydrogen) atoms. The summed E-state index contributed by atoms with van der Waals surface area (Å²) in [5, 5.41) is 4.74. The molecule has 0 bridgehead atoms. The number of hydrogen-bond acceptors (Lipinski definition) is 4. The van der Waals surface area contributed by atoms with Crippen molar-refractivity contribution >= 4 is 23.2 Å². The van der Waals surface area contributed by atoms with Gasteiger partial charge < -0.3 is 10.2 Å². The second kappa shape index (κ2) is 7.38. The van der Waals surface area contributed by atoms with E-state index >= 15 is 0 Å². The second-order valence-electron chi connectivity index (χ2n) is 5.08. The van der Waals surface area contributed by atoms with Crippen LogP contribution in [0.15, 0.2) is 10.9 Å². The van der Waals surface area contributed by atoms with E-state index in [1.807, 2.05) is 0 Å². The minimum Gasteiger partial charge on any atom is -0.356 e. The molecule has 0 unspecified atom stereocenters. The summed E-state index contributed by atoms with van der Waals surface area (Å²) in [6.45, 7) is 4.15. The van der Waals surface area contributed by atoms with E-state index in [0.29, 0.717) is 18.8 Å². The zero-order valence-corrected chi connectivity index (χ0v) is 12.6. The van der Waals surface area contributed by atoms with Crippen LogP contribution >= 0.6 is 11.3 Å². The van der Waals surface area contributed by atoms with Crippen molar-refractivity contribution < 1.29 is 9.59 Å². The molecule has 5 nitrogen and oxygen atoms in total. The number of nitrogens with one attached hydrogen (secondary N) is 1. The molecule has 0 saturated carbocycles. The predicted molar refractivity (Wildman–Crippen MR) is 78.7 cm³/mol. The van der Waals surface area contributed by atoms with E-state index in [1.165, 1.54) is 11.3 Å². The molecule has 1 aliphatic rings. The fourth-order valence-corrected chi connectivity index (χ4v) is 2.88. The Bertz CT molecular complexity index is 439. The Morgan fingerprint density at radius 1 is 1.45 bits per heavy atom. The van der Waals surface area contributed by atoms with Gasteiger partial charge in [0.05, 0.1) is 5.51 Å². The lowest BCUT2D eigenvalue weighted by atomic mass is 9.95. The van der Waals surface area contributed by atoms with Crippen molar-refractivity contribution in [2.24, 2.45) is 5.92 Å². The van der Waals surface area contributed by atoms with Crippen molar-refractivity contribution in [3.63, 3.8) is 0 Å². The SMILES string of the molecule is CCCCNC(=O)C1CCN(C(=O)c2cscn2)CC1. The molecule has 0 atom stereocenters. The number of amides is 2. The third-order valence-electron chi connectivity index (χ3n) is 3.63. The van der Waals surface area contributed by atoms with Crippen LogP contribution in [-0.4, -0.2) is 41.3 Å². The summed E-state index contributed by atoms with van der Waals surface area (Å²) in [4.78, 5) is 29.9. The number of rotatable bonds is 5. The molecule has 1 aromatic heterocycles. The van der Waals surface area contributed by atoms with Crippen LogP contribution in [0.5, 0.6) is 0 Å². The Kier molecular flexibility index (Phi) is 5.52. The summed E-state index contributed by atoms with van der Waals surface area (Å²) in [6, 6.07) is 0. The Morgan fingerprint density at radius 3 is 2.80 bits per heavy atom. The van der Waals surface area contributed by atoms with Crippen LogP contribution in [0.4, 0.5) is 0 Å². The lowest BCUT2D eigenvalue weighted by molar-refractivity contribution is -0.126. The number of likely N-dealkylation sites (tertiary alicyclic amines) is 1. The van der Waals surface area contributed by atoms with Crippen LogP contribution in [0.1, 0.15) is 43.1 Å². The summed E-state index contributed by atoms with van der Waals surface area (Å²) < 4.78 is 0. The molecule has 0 radical (unpaired) electrons. The molecule has 1 aromatic rings. The van der Waals surface area contributed by atoms with Crippen molar-refractivity contribution in [1.82, 2.24) is 15.2 Å². The third kappa shape index (κ3) is 3.79. The van der Waals surface area contributed by atoms with Gasteiger partial charge in [0, 0.05) is 30.9 Å². The van der Waals surface area contributed by atoms with Gasteiger partial charge in [-0.05, 0) is 19.3 Å². The Hall–Kier alpha value is -1.43. The van der Waals surface area contributed by atoms with Gasteiger partial charge >= 0.3 is 0 Å². The number of carbonyl (C=O) groups is 2. The van der Waals surface area contributed by atoms with Gasteiger partial charge in [0.2, 0.25) is 5.91 Å². The van der Waals surface area contributed by atoms with E-state index < -0.39 is 0 Å². The van der Waals surface area contributed by atoms with Gasteiger partial charge in [0.25, 0.3) is 5.91 Å².